The van der Waals surface area contributed by atoms with Crippen LogP contribution < -0.4 is 10.1 Å². The number of amides is 1. The van der Waals surface area contributed by atoms with E-state index < -0.39 is 0 Å². The van der Waals surface area contributed by atoms with Gasteiger partial charge in [-0.2, -0.15) is 0 Å². The fourth-order valence-corrected chi connectivity index (χ4v) is 4.73. The minimum absolute atomic E-state index is 0.0995. The molecule has 5 rings (SSSR count). The number of nitrogens with one attached hydrogen (secondary N) is 2. The molecule has 2 heterocycles. The van der Waals surface area contributed by atoms with Gasteiger partial charge in [0.15, 0.2) is 11.0 Å². The van der Waals surface area contributed by atoms with Crippen LogP contribution in [0.1, 0.15) is 11.1 Å². The molecule has 0 atom stereocenters. The maximum atomic E-state index is 12.8. The van der Waals surface area contributed by atoms with E-state index in [4.69, 9.17) is 4.74 Å². The Morgan fingerprint density at radius 3 is 2.74 bits per heavy atom. The fraction of sp³-hybridized carbons (Fsp3) is 0.148. The molecule has 176 valence electrons. The van der Waals surface area contributed by atoms with Gasteiger partial charge in [0.25, 0.3) is 0 Å². The van der Waals surface area contributed by atoms with Crippen molar-refractivity contribution in [2.24, 2.45) is 0 Å². The number of ether oxygens (including phenoxy) is 1. The monoisotopic (exact) mass is 483 g/mol. The average molecular weight is 484 g/mol. The van der Waals surface area contributed by atoms with E-state index in [2.05, 4.69) is 26.6 Å². The van der Waals surface area contributed by atoms with Gasteiger partial charge in [0, 0.05) is 34.4 Å². The molecule has 1 amide bonds. The number of thioether (sulfide) groups is 1. The van der Waals surface area contributed by atoms with Crippen molar-refractivity contribution >= 4 is 34.3 Å². The zero-order valence-electron chi connectivity index (χ0n) is 19.7. The van der Waals surface area contributed by atoms with Crippen molar-refractivity contribution < 1.29 is 9.53 Å². The lowest BCUT2D eigenvalue weighted by molar-refractivity contribution is -0.113. The molecule has 0 saturated heterocycles. The van der Waals surface area contributed by atoms with Crippen molar-refractivity contribution in [3.63, 3.8) is 0 Å². The van der Waals surface area contributed by atoms with Gasteiger partial charge in [0.2, 0.25) is 5.91 Å². The zero-order chi connectivity index (χ0) is 24.4. The summed E-state index contributed by atoms with van der Waals surface area (Å²) >= 11 is 1.34. The standard InChI is InChI=1S/C27H25N5O2S/c1-17-8-6-13-23(18(17)2)29-25(33)16-35-27-31-30-26(22-15-28-24-12-5-4-11-21(22)24)32(27)19-9-7-10-20(14-19)34-3/h4-15,28H,16H2,1-3H3,(H,29,33). The summed E-state index contributed by atoms with van der Waals surface area (Å²) in [6, 6.07) is 21.7. The first-order valence-electron chi connectivity index (χ1n) is 11.2. The molecule has 5 aromatic rings. The Balaban J connectivity index is 1.49. The molecule has 0 aliphatic carbocycles. The third-order valence-corrected chi connectivity index (χ3v) is 6.92. The van der Waals surface area contributed by atoms with Gasteiger partial charge in [-0.15, -0.1) is 10.2 Å². The van der Waals surface area contributed by atoms with Crippen LogP contribution in [0.4, 0.5) is 5.69 Å². The second-order valence-electron chi connectivity index (χ2n) is 8.18. The number of methoxy groups -OCH3 is 1. The molecule has 35 heavy (non-hydrogen) atoms. The number of anilines is 1. The predicted molar refractivity (Wildman–Crippen MR) is 140 cm³/mol. The Bertz CT molecular complexity index is 1520. The number of benzene rings is 3. The van der Waals surface area contributed by atoms with Gasteiger partial charge in [-0.3, -0.25) is 9.36 Å². The predicted octanol–water partition coefficient (Wildman–Crippen LogP) is 5.77. The van der Waals surface area contributed by atoms with Crippen LogP contribution in [0.3, 0.4) is 0 Å². The minimum atomic E-state index is -0.0995. The van der Waals surface area contributed by atoms with E-state index in [1.54, 1.807) is 7.11 Å². The number of H-pyrrole nitrogens is 1. The highest BCUT2D eigenvalue weighted by atomic mass is 32.2. The number of rotatable bonds is 7. The first kappa shape index (κ1) is 22.7. The van der Waals surface area contributed by atoms with Crippen molar-refractivity contribution in [1.29, 1.82) is 0 Å². The fourth-order valence-electron chi connectivity index (χ4n) is 3.98. The van der Waals surface area contributed by atoms with Gasteiger partial charge in [-0.05, 0) is 49.2 Å². The summed E-state index contributed by atoms with van der Waals surface area (Å²) in [5.74, 6) is 1.51. The van der Waals surface area contributed by atoms with E-state index >= 15 is 0 Å². The average Bonchev–Trinajstić information content (AvgIpc) is 3.49. The maximum Gasteiger partial charge on any atom is 0.234 e. The quantitative estimate of drug-likeness (QED) is 0.287. The molecule has 2 aromatic heterocycles. The number of hydrogen-bond donors (Lipinski definition) is 2. The SMILES string of the molecule is COc1cccc(-n2c(SCC(=O)Nc3cccc(C)c3C)nnc2-c2c[nH]c3ccccc23)c1. The van der Waals surface area contributed by atoms with Gasteiger partial charge in [0.1, 0.15) is 5.75 Å². The van der Waals surface area contributed by atoms with Gasteiger partial charge >= 0.3 is 0 Å². The van der Waals surface area contributed by atoms with Crippen molar-refractivity contribution in [2.45, 2.75) is 19.0 Å². The highest BCUT2D eigenvalue weighted by Gasteiger charge is 2.20. The normalized spacial score (nSPS) is 11.1. The molecular weight excluding hydrogens is 458 g/mol. The van der Waals surface area contributed by atoms with Crippen LogP contribution in [-0.2, 0) is 4.79 Å². The Morgan fingerprint density at radius 1 is 1.06 bits per heavy atom. The highest BCUT2D eigenvalue weighted by molar-refractivity contribution is 7.99. The van der Waals surface area contributed by atoms with E-state index in [1.165, 1.54) is 11.8 Å². The lowest BCUT2D eigenvalue weighted by Gasteiger charge is -2.12. The van der Waals surface area contributed by atoms with Crippen molar-refractivity contribution in [1.82, 2.24) is 19.7 Å². The summed E-state index contributed by atoms with van der Waals surface area (Å²) in [6.07, 6.45) is 1.94. The lowest BCUT2D eigenvalue weighted by atomic mass is 10.1. The largest absolute Gasteiger partial charge is 0.497 e. The Hall–Kier alpha value is -4.04. The second-order valence-corrected chi connectivity index (χ2v) is 9.12. The Labute approximate surface area is 207 Å². The summed E-state index contributed by atoms with van der Waals surface area (Å²) in [4.78, 5) is 16.1. The van der Waals surface area contributed by atoms with E-state index in [-0.39, 0.29) is 11.7 Å². The molecule has 7 nitrogen and oxygen atoms in total. The number of fused-ring (bicyclic) bond motifs is 1. The molecule has 8 heteroatoms. The van der Waals surface area contributed by atoms with Crippen molar-refractivity contribution in [2.75, 3.05) is 18.2 Å². The van der Waals surface area contributed by atoms with Gasteiger partial charge < -0.3 is 15.0 Å². The summed E-state index contributed by atoms with van der Waals surface area (Å²) < 4.78 is 7.41. The molecule has 0 spiro atoms. The molecule has 0 fully saturated rings. The summed E-state index contributed by atoms with van der Waals surface area (Å²) in [7, 11) is 1.64. The Kier molecular flexibility index (Phi) is 6.29. The molecule has 0 saturated carbocycles. The van der Waals surface area contributed by atoms with Gasteiger partial charge in [-0.1, -0.05) is 48.2 Å². The number of aryl methyl sites for hydroxylation is 1. The van der Waals surface area contributed by atoms with Crippen LogP contribution in [0.2, 0.25) is 0 Å². The maximum absolute atomic E-state index is 12.8. The summed E-state index contributed by atoms with van der Waals surface area (Å²) in [5.41, 5.74) is 5.83. The molecule has 0 radical (unpaired) electrons. The van der Waals surface area contributed by atoms with Crippen LogP contribution in [0, 0.1) is 13.8 Å². The third-order valence-electron chi connectivity index (χ3n) is 5.99. The van der Waals surface area contributed by atoms with E-state index in [0.29, 0.717) is 11.0 Å². The van der Waals surface area contributed by atoms with Crippen LogP contribution in [0.5, 0.6) is 5.75 Å². The first-order valence-corrected chi connectivity index (χ1v) is 12.2. The first-order chi connectivity index (χ1) is 17.0. The number of para-hydroxylation sites is 1. The molecule has 0 aliphatic rings. The summed E-state index contributed by atoms with van der Waals surface area (Å²) in [6.45, 7) is 4.04. The van der Waals surface area contributed by atoms with E-state index in [9.17, 15) is 4.79 Å². The zero-order valence-corrected chi connectivity index (χ0v) is 20.5. The van der Waals surface area contributed by atoms with Crippen LogP contribution in [-0.4, -0.2) is 38.5 Å². The topological polar surface area (TPSA) is 84.8 Å². The van der Waals surface area contributed by atoms with E-state index in [0.717, 1.165) is 44.7 Å². The van der Waals surface area contributed by atoms with Crippen molar-refractivity contribution in [3.05, 3.63) is 84.1 Å². The van der Waals surface area contributed by atoms with Crippen molar-refractivity contribution in [3.8, 4) is 22.8 Å². The molecule has 0 unspecified atom stereocenters. The molecule has 0 bridgehead atoms. The number of carbonyl (C=O) groups excluding carboxylic acids is 1. The molecule has 2 N–H and O–H groups in total. The summed E-state index contributed by atoms with van der Waals surface area (Å²) in [5, 5.41) is 13.7. The number of aromatic amines is 1. The molecule has 0 aliphatic heterocycles. The number of carbonyl (C=O) groups is 1. The van der Waals surface area contributed by atoms with Crippen LogP contribution >= 0.6 is 11.8 Å². The lowest BCUT2D eigenvalue weighted by Crippen LogP contribution is -2.15. The highest BCUT2D eigenvalue weighted by Crippen LogP contribution is 2.33. The molecular formula is C27H25N5O2S. The van der Waals surface area contributed by atoms with Gasteiger partial charge in [-0.25, -0.2) is 0 Å². The van der Waals surface area contributed by atoms with Gasteiger partial charge in [0.05, 0.1) is 18.6 Å². The van der Waals surface area contributed by atoms with Crippen LogP contribution in [0.15, 0.2) is 78.1 Å². The third kappa shape index (κ3) is 4.52. The smallest absolute Gasteiger partial charge is 0.234 e. The number of hydrogen-bond acceptors (Lipinski definition) is 5. The van der Waals surface area contributed by atoms with E-state index in [1.807, 2.05) is 85.3 Å². The van der Waals surface area contributed by atoms with Crippen LogP contribution in [0.25, 0.3) is 28.0 Å². The minimum Gasteiger partial charge on any atom is -0.497 e. The number of nitrogens with zero attached hydrogens (tertiary/aromatic N) is 3. The number of aromatic nitrogens is 4. The molecule has 3 aromatic carbocycles. The second kappa shape index (κ2) is 9.68. The Morgan fingerprint density at radius 2 is 1.89 bits per heavy atom.